The van der Waals surface area contributed by atoms with Crippen LogP contribution in [0.25, 0.3) is 0 Å². The van der Waals surface area contributed by atoms with Crippen LogP contribution >= 0.6 is 0 Å². The minimum Gasteiger partial charge on any atom is -0.727 e. The molecule has 1 saturated carbocycles. The number of hydrogen-bond acceptors (Lipinski definition) is 2. The van der Waals surface area contributed by atoms with Crippen molar-refractivity contribution in [2.24, 2.45) is 17.8 Å². The SMILES string of the molecule is CC1CCCC(C(C)C)C1.[O-]O. The van der Waals surface area contributed by atoms with Crippen molar-refractivity contribution < 1.29 is 10.5 Å². The van der Waals surface area contributed by atoms with Gasteiger partial charge in [0, 0.05) is 0 Å². The first-order valence-electron chi connectivity index (χ1n) is 4.88. The number of hydrogen-bond donors (Lipinski definition) is 1. The van der Waals surface area contributed by atoms with Crippen molar-refractivity contribution in [2.45, 2.75) is 46.5 Å². The first-order valence-corrected chi connectivity index (χ1v) is 4.88. The van der Waals surface area contributed by atoms with Crippen LogP contribution in [0.1, 0.15) is 46.5 Å². The molecular formula is C10H21O2-. The summed E-state index contributed by atoms with van der Waals surface area (Å²) in [4.78, 5) is 0. The van der Waals surface area contributed by atoms with Crippen LogP contribution in [-0.4, -0.2) is 5.26 Å². The van der Waals surface area contributed by atoms with Gasteiger partial charge in [-0.1, -0.05) is 40.0 Å². The summed E-state index contributed by atoms with van der Waals surface area (Å²) in [5, 5.41) is 13.0. The molecule has 0 aromatic carbocycles. The zero-order chi connectivity index (χ0) is 9.56. The molecule has 0 radical (unpaired) electrons. The molecule has 0 aromatic heterocycles. The van der Waals surface area contributed by atoms with E-state index >= 15 is 0 Å². The molecule has 2 atom stereocenters. The van der Waals surface area contributed by atoms with Crippen molar-refractivity contribution in [2.75, 3.05) is 0 Å². The van der Waals surface area contributed by atoms with E-state index in [2.05, 4.69) is 20.8 Å². The van der Waals surface area contributed by atoms with Crippen LogP contribution in [0, 0.1) is 17.8 Å². The Morgan fingerprint density at radius 2 is 1.83 bits per heavy atom. The van der Waals surface area contributed by atoms with E-state index in [4.69, 9.17) is 10.5 Å². The van der Waals surface area contributed by atoms with Gasteiger partial charge >= 0.3 is 0 Å². The summed E-state index contributed by atoms with van der Waals surface area (Å²) in [7, 11) is 0. The van der Waals surface area contributed by atoms with Crippen LogP contribution in [-0.2, 0) is 0 Å². The topological polar surface area (TPSA) is 43.3 Å². The van der Waals surface area contributed by atoms with Crippen molar-refractivity contribution in [3.8, 4) is 0 Å². The van der Waals surface area contributed by atoms with Gasteiger partial charge in [0.1, 0.15) is 0 Å². The van der Waals surface area contributed by atoms with Crippen molar-refractivity contribution in [3.63, 3.8) is 0 Å². The highest BCUT2D eigenvalue weighted by Crippen LogP contribution is 2.32. The van der Waals surface area contributed by atoms with Crippen LogP contribution in [0.2, 0.25) is 0 Å². The fraction of sp³-hybridized carbons (Fsp3) is 1.00. The molecule has 0 aromatic rings. The highest BCUT2D eigenvalue weighted by molar-refractivity contribution is 4.72. The summed E-state index contributed by atoms with van der Waals surface area (Å²) in [6, 6.07) is 0. The largest absolute Gasteiger partial charge is 0.727 e. The van der Waals surface area contributed by atoms with E-state index in [9.17, 15) is 0 Å². The molecule has 1 rings (SSSR count). The van der Waals surface area contributed by atoms with Gasteiger partial charge in [0.15, 0.2) is 0 Å². The predicted molar refractivity (Wildman–Crippen MR) is 48.6 cm³/mol. The summed E-state index contributed by atoms with van der Waals surface area (Å²) < 4.78 is 0. The highest BCUT2D eigenvalue weighted by Gasteiger charge is 2.20. The van der Waals surface area contributed by atoms with Crippen LogP contribution in [0.3, 0.4) is 0 Å². The lowest BCUT2D eigenvalue weighted by molar-refractivity contribution is -0.670. The molecule has 74 valence electrons. The van der Waals surface area contributed by atoms with Gasteiger partial charge in [-0.2, -0.15) is 0 Å². The maximum absolute atomic E-state index is 7.25. The summed E-state index contributed by atoms with van der Waals surface area (Å²) in [5.41, 5.74) is 0. The van der Waals surface area contributed by atoms with Gasteiger partial charge in [-0.25, -0.2) is 0 Å². The summed E-state index contributed by atoms with van der Waals surface area (Å²) in [6.07, 6.45) is 5.92. The third kappa shape index (κ3) is 4.07. The Balaban J connectivity index is 0.000000561. The first kappa shape index (κ1) is 11.9. The van der Waals surface area contributed by atoms with Crippen LogP contribution in [0.5, 0.6) is 0 Å². The Morgan fingerprint density at radius 1 is 1.25 bits per heavy atom. The summed E-state index contributed by atoms with van der Waals surface area (Å²) in [6.45, 7) is 7.12. The second kappa shape index (κ2) is 6.44. The molecule has 0 saturated heterocycles. The van der Waals surface area contributed by atoms with Gasteiger partial charge in [-0.3, -0.25) is 0 Å². The smallest absolute Gasteiger partial charge is 0.0389 e. The quantitative estimate of drug-likeness (QED) is 0.488. The molecule has 0 amide bonds. The van der Waals surface area contributed by atoms with Crippen molar-refractivity contribution in [1.29, 1.82) is 0 Å². The highest BCUT2D eigenvalue weighted by atomic mass is 17.0. The van der Waals surface area contributed by atoms with Crippen molar-refractivity contribution in [1.82, 2.24) is 0 Å². The third-order valence-corrected chi connectivity index (χ3v) is 2.92. The maximum Gasteiger partial charge on any atom is -0.0389 e. The standard InChI is InChI=1S/C10H20.H2O2/c1-8(2)10-6-4-5-9(3)7-10;1-2/h8-10H,4-7H2,1-3H3;1-2H/p-1. The molecular weight excluding hydrogens is 152 g/mol. The molecule has 0 spiro atoms. The van der Waals surface area contributed by atoms with E-state index in [1.807, 2.05) is 0 Å². The first-order chi connectivity index (χ1) is 5.70. The second-order valence-corrected chi connectivity index (χ2v) is 4.28. The monoisotopic (exact) mass is 173 g/mol. The molecule has 2 nitrogen and oxygen atoms in total. The average Bonchev–Trinajstić information content (AvgIpc) is 2.08. The van der Waals surface area contributed by atoms with E-state index in [0.717, 1.165) is 17.8 Å². The van der Waals surface area contributed by atoms with Crippen molar-refractivity contribution in [3.05, 3.63) is 0 Å². The summed E-state index contributed by atoms with van der Waals surface area (Å²) >= 11 is 0. The van der Waals surface area contributed by atoms with E-state index in [0.29, 0.717) is 0 Å². The molecule has 0 aliphatic heterocycles. The molecule has 1 aliphatic carbocycles. The minimum atomic E-state index is 0.919. The normalized spacial score (nSPS) is 29.5. The molecule has 0 heterocycles. The van der Waals surface area contributed by atoms with Gasteiger partial charge in [-0.15, -0.1) is 0 Å². The van der Waals surface area contributed by atoms with Gasteiger partial charge < -0.3 is 10.5 Å². The molecule has 12 heavy (non-hydrogen) atoms. The Morgan fingerprint density at radius 3 is 2.17 bits per heavy atom. The second-order valence-electron chi connectivity index (χ2n) is 4.28. The van der Waals surface area contributed by atoms with Crippen LogP contribution in [0.15, 0.2) is 0 Å². The fourth-order valence-electron chi connectivity index (χ4n) is 2.09. The van der Waals surface area contributed by atoms with Crippen LogP contribution in [0.4, 0.5) is 0 Å². The number of rotatable bonds is 1. The predicted octanol–water partition coefficient (Wildman–Crippen LogP) is 2.29. The van der Waals surface area contributed by atoms with Crippen molar-refractivity contribution >= 4 is 0 Å². The third-order valence-electron chi connectivity index (χ3n) is 2.92. The maximum atomic E-state index is 7.25. The molecule has 2 heteroatoms. The Hall–Kier alpha value is -0.0800. The lowest BCUT2D eigenvalue weighted by atomic mass is 9.77. The molecule has 0 bridgehead atoms. The Kier molecular flexibility index (Phi) is 6.39. The van der Waals surface area contributed by atoms with Gasteiger partial charge in [0.2, 0.25) is 0 Å². The van der Waals surface area contributed by atoms with E-state index in [1.165, 1.54) is 25.7 Å². The molecule has 1 N–H and O–H groups in total. The zero-order valence-corrected chi connectivity index (χ0v) is 8.42. The zero-order valence-electron chi connectivity index (χ0n) is 8.42. The fourth-order valence-corrected chi connectivity index (χ4v) is 2.09. The van der Waals surface area contributed by atoms with Gasteiger partial charge in [0.25, 0.3) is 0 Å². The Labute approximate surface area is 75.5 Å². The molecule has 2 unspecified atom stereocenters. The lowest BCUT2D eigenvalue weighted by Gasteiger charge is -2.29. The van der Waals surface area contributed by atoms with Gasteiger partial charge in [-0.05, 0) is 24.2 Å². The average molecular weight is 173 g/mol. The van der Waals surface area contributed by atoms with Gasteiger partial charge in [0.05, 0.1) is 0 Å². The molecule has 1 fully saturated rings. The van der Waals surface area contributed by atoms with E-state index in [1.54, 1.807) is 0 Å². The lowest BCUT2D eigenvalue weighted by Crippen LogP contribution is -2.17. The summed E-state index contributed by atoms with van der Waals surface area (Å²) in [5.74, 6) is 2.95. The van der Waals surface area contributed by atoms with E-state index < -0.39 is 0 Å². The Bertz CT molecular complexity index is 102. The van der Waals surface area contributed by atoms with Crippen LogP contribution < -0.4 is 5.26 Å². The van der Waals surface area contributed by atoms with E-state index in [-0.39, 0.29) is 0 Å². The minimum absolute atomic E-state index is 0.919. The molecule has 1 aliphatic rings.